The molecule has 0 aromatic rings. The summed E-state index contributed by atoms with van der Waals surface area (Å²) < 4.78 is 12.7. The van der Waals surface area contributed by atoms with Crippen molar-refractivity contribution in [1.82, 2.24) is 0 Å². The van der Waals surface area contributed by atoms with Gasteiger partial charge in [-0.15, -0.1) is 23.5 Å². The van der Waals surface area contributed by atoms with E-state index in [0.717, 1.165) is 44.0 Å². The van der Waals surface area contributed by atoms with E-state index in [-0.39, 0.29) is 16.7 Å². The molecular formula is C25H40O3S2. The summed E-state index contributed by atoms with van der Waals surface area (Å²) in [5, 5.41) is 0. The van der Waals surface area contributed by atoms with Crippen molar-refractivity contribution < 1.29 is 14.3 Å². The molecule has 0 unspecified atom stereocenters. The van der Waals surface area contributed by atoms with Gasteiger partial charge in [0.25, 0.3) is 0 Å². The van der Waals surface area contributed by atoms with Crippen molar-refractivity contribution in [2.75, 3.05) is 24.4 Å². The highest BCUT2D eigenvalue weighted by Gasteiger charge is 2.60. The smallest absolute Gasteiger partial charge is 0.133 e. The van der Waals surface area contributed by atoms with E-state index < -0.39 is 0 Å². The molecule has 4 aliphatic rings. The maximum atomic E-state index is 12.4. The number of carbonyl (C=O) groups is 1. The van der Waals surface area contributed by atoms with Crippen molar-refractivity contribution in [2.24, 2.45) is 34.5 Å². The van der Waals surface area contributed by atoms with Gasteiger partial charge in [0, 0.05) is 5.92 Å². The van der Waals surface area contributed by atoms with Gasteiger partial charge in [-0.2, -0.15) is 0 Å². The number of thioether (sulfide) groups is 2. The van der Waals surface area contributed by atoms with Crippen LogP contribution in [0.2, 0.25) is 0 Å². The normalized spacial score (nSPS) is 45.3. The zero-order chi connectivity index (χ0) is 21.5. The molecule has 0 spiro atoms. The molecule has 4 rings (SSSR count). The standard InChI is InChI=1S/C25H40O3S2/c1-16(26)19-6-7-20-18-13-23(28-15-30-5)22-12-17(27-14-29-4)8-10-25(22,3)21(18)9-11-24(19,20)2/h9,17-20,22-23H,6-8,10-15H2,1-5H3/t17-,18-,19+,20-,22+,23-,24+,25+/m0/s1. The van der Waals surface area contributed by atoms with Gasteiger partial charge in [-0.1, -0.05) is 25.5 Å². The number of Topliss-reactive ketones (excluding diaryl/α,β-unsaturated/α-hetero) is 1. The highest BCUT2D eigenvalue weighted by molar-refractivity contribution is 7.98. The molecule has 0 heterocycles. The summed E-state index contributed by atoms with van der Waals surface area (Å²) in [6, 6.07) is 0. The molecule has 3 saturated carbocycles. The minimum absolute atomic E-state index is 0.145. The van der Waals surface area contributed by atoms with Gasteiger partial charge in [-0.3, -0.25) is 4.79 Å². The first-order valence-electron chi connectivity index (χ1n) is 11.8. The maximum absolute atomic E-state index is 12.4. The van der Waals surface area contributed by atoms with Gasteiger partial charge >= 0.3 is 0 Å². The fourth-order valence-corrected chi connectivity index (χ4v) is 8.47. The molecule has 3 fully saturated rings. The quantitative estimate of drug-likeness (QED) is 0.341. The Labute approximate surface area is 191 Å². The second kappa shape index (κ2) is 9.11. The fourth-order valence-electron chi connectivity index (χ4n) is 7.83. The molecule has 0 N–H and O–H groups in total. The van der Waals surface area contributed by atoms with Crippen molar-refractivity contribution in [3.8, 4) is 0 Å². The molecule has 3 nitrogen and oxygen atoms in total. The summed E-state index contributed by atoms with van der Waals surface area (Å²) in [4.78, 5) is 12.4. The molecule has 0 saturated heterocycles. The Kier molecular flexibility index (Phi) is 7.05. The number of hydrogen-bond donors (Lipinski definition) is 0. The van der Waals surface area contributed by atoms with Gasteiger partial charge in [-0.25, -0.2) is 0 Å². The van der Waals surface area contributed by atoms with Crippen LogP contribution in [0.4, 0.5) is 0 Å². The van der Waals surface area contributed by atoms with E-state index in [4.69, 9.17) is 9.47 Å². The topological polar surface area (TPSA) is 35.5 Å². The van der Waals surface area contributed by atoms with Gasteiger partial charge in [0.15, 0.2) is 0 Å². The Hall–Kier alpha value is 0.0300. The molecule has 0 aromatic heterocycles. The summed E-state index contributed by atoms with van der Waals surface area (Å²) in [5.74, 6) is 3.98. The van der Waals surface area contributed by atoms with Gasteiger partial charge in [0.05, 0.1) is 24.1 Å². The number of allylic oxidation sites excluding steroid dienone is 2. The third-order valence-electron chi connectivity index (χ3n) is 9.28. The van der Waals surface area contributed by atoms with E-state index in [1.807, 2.05) is 6.92 Å². The number of hydrogen-bond acceptors (Lipinski definition) is 5. The van der Waals surface area contributed by atoms with E-state index in [1.54, 1.807) is 29.1 Å². The summed E-state index contributed by atoms with van der Waals surface area (Å²) >= 11 is 3.56. The van der Waals surface area contributed by atoms with Gasteiger partial charge in [0.2, 0.25) is 0 Å². The molecular weight excluding hydrogens is 412 g/mol. The first kappa shape index (κ1) is 23.2. The van der Waals surface area contributed by atoms with Gasteiger partial charge in [-0.05, 0) is 93.0 Å². The molecule has 0 radical (unpaired) electrons. The fraction of sp³-hybridized carbons (Fsp3) is 0.880. The van der Waals surface area contributed by atoms with Crippen LogP contribution in [0.15, 0.2) is 11.6 Å². The zero-order valence-electron chi connectivity index (χ0n) is 19.4. The van der Waals surface area contributed by atoms with E-state index in [9.17, 15) is 4.79 Å². The van der Waals surface area contributed by atoms with Crippen LogP contribution >= 0.6 is 23.5 Å². The molecule has 0 aromatic carbocycles. The summed E-state index contributed by atoms with van der Waals surface area (Å²) in [7, 11) is 0. The lowest BCUT2D eigenvalue weighted by atomic mass is 9.48. The minimum Gasteiger partial charge on any atom is -0.368 e. The highest BCUT2D eigenvalue weighted by atomic mass is 32.2. The molecule has 30 heavy (non-hydrogen) atoms. The number of ether oxygens (including phenoxy) is 2. The first-order chi connectivity index (χ1) is 14.3. The lowest BCUT2D eigenvalue weighted by molar-refractivity contribution is -0.126. The molecule has 170 valence electrons. The number of rotatable bonds is 7. The number of carbonyl (C=O) groups excluding carboxylic acids is 1. The zero-order valence-corrected chi connectivity index (χ0v) is 21.1. The van der Waals surface area contributed by atoms with Crippen molar-refractivity contribution in [1.29, 1.82) is 0 Å². The predicted octanol–water partition coefficient (Wildman–Crippen LogP) is 6.18. The second-order valence-electron chi connectivity index (χ2n) is 10.7. The lowest BCUT2D eigenvalue weighted by Crippen LogP contribution is -2.54. The minimum atomic E-state index is 0.145. The second-order valence-corrected chi connectivity index (χ2v) is 12.3. The molecule has 4 aliphatic carbocycles. The Bertz CT molecular complexity index is 679. The van der Waals surface area contributed by atoms with E-state index in [0.29, 0.717) is 35.7 Å². The van der Waals surface area contributed by atoms with Gasteiger partial charge in [0.1, 0.15) is 5.78 Å². The monoisotopic (exact) mass is 452 g/mol. The van der Waals surface area contributed by atoms with Crippen LogP contribution in [0.5, 0.6) is 0 Å². The van der Waals surface area contributed by atoms with Gasteiger partial charge < -0.3 is 9.47 Å². The van der Waals surface area contributed by atoms with Crippen LogP contribution < -0.4 is 0 Å². The Morgan fingerprint density at radius 3 is 2.50 bits per heavy atom. The molecule has 5 heteroatoms. The van der Waals surface area contributed by atoms with Crippen molar-refractivity contribution in [3.63, 3.8) is 0 Å². The van der Waals surface area contributed by atoms with Crippen molar-refractivity contribution in [2.45, 2.75) is 77.9 Å². The molecule has 0 aliphatic heterocycles. The van der Waals surface area contributed by atoms with Crippen LogP contribution in [-0.2, 0) is 14.3 Å². The first-order valence-corrected chi connectivity index (χ1v) is 14.6. The Balaban J connectivity index is 1.64. The highest BCUT2D eigenvalue weighted by Crippen LogP contribution is 2.66. The number of ketones is 1. The Morgan fingerprint density at radius 1 is 1.07 bits per heavy atom. The summed E-state index contributed by atoms with van der Waals surface area (Å²) in [6.45, 7) is 6.75. The number of fused-ring (bicyclic) bond motifs is 5. The molecule has 0 amide bonds. The maximum Gasteiger partial charge on any atom is 0.133 e. The predicted molar refractivity (Wildman–Crippen MR) is 128 cm³/mol. The van der Waals surface area contributed by atoms with Crippen LogP contribution in [0.1, 0.15) is 65.7 Å². The average Bonchev–Trinajstić information content (AvgIpc) is 3.08. The van der Waals surface area contributed by atoms with Crippen molar-refractivity contribution >= 4 is 29.3 Å². The largest absolute Gasteiger partial charge is 0.368 e. The summed E-state index contributed by atoms with van der Waals surface area (Å²) in [6.07, 6.45) is 15.5. The van der Waals surface area contributed by atoms with Crippen LogP contribution in [-0.4, -0.2) is 42.4 Å². The van der Waals surface area contributed by atoms with Crippen molar-refractivity contribution in [3.05, 3.63) is 11.6 Å². The average molecular weight is 453 g/mol. The lowest BCUT2D eigenvalue weighted by Gasteiger charge is -2.59. The van der Waals surface area contributed by atoms with Crippen LogP contribution in [0, 0.1) is 34.5 Å². The van der Waals surface area contributed by atoms with E-state index in [1.165, 1.54) is 12.8 Å². The van der Waals surface area contributed by atoms with Crippen LogP contribution in [0.3, 0.4) is 0 Å². The molecule has 8 atom stereocenters. The third kappa shape index (κ3) is 3.84. The Morgan fingerprint density at radius 2 is 1.80 bits per heavy atom. The van der Waals surface area contributed by atoms with E-state index >= 15 is 0 Å². The van der Waals surface area contributed by atoms with Crippen LogP contribution in [0.25, 0.3) is 0 Å². The third-order valence-corrected chi connectivity index (χ3v) is 10.0. The SMILES string of the molecule is CSCO[C@H]1CC[C@]2(C)C3=CC[C@]4(C)[C@@H](C(C)=O)CC[C@H]4[C@@H]3C[C@H](OCSC)[C@H]2C1. The molecule has 0 bridgehead atoms. The van der Waals surface area contributed by atoms with E-state index in [2.05, 4.69) is 32.4 Å². The summed E-state index contributed by atoms with van der Waals surface area (Å²) in [5.41, 5.74) is 2.08.